The van der Waals surface area contributed by atoms with Gasteiger partial charge in [-0.05, 0) is 44.0 Å². The van der Waals surface area contributed by atoms with Crippen molar-refractivity contribution >= 4 is 39.0 Å². The summed E-state index contributed by atoms with van der Waals surface area (Å²) in [6.45, 7) is 4.20. The smallest absolute Gasteiger partial charge is 0.226 e. The lowest BCUT2D eigenvalue weighted by Crippen LogP contribution is -2.34. The van der Waals surface area contributed by atoms with Crippen LogP contribution in [0, 0.1) is 6.92 Å². The molecule has 0 unspecified atom stereocenters. The van der Waals surface area contributed by atoms with E-state index >= 15 is 0 Å². The first kappa shape index (κ1) is 25.1. The third kappa shape index (κ3) is 4.76. The van der Waals surface area contributed by atoms with Gasteiger partial charge >= 0.3 is 0 Å². The Balaban J connectivity index is 1.38. The van der Waals surface area contributed by atoms with Gasteiger partial charge in [0.2, 0.25) is 11.1 Å². The van der Waals surface area contributed by atoms with Crippen molar-refractivity contribution in [2.24, 2.45) is 0 Å². The van der Waals surface area contributed by atoms with Crippen molar-refractivity contribution in [3.8, 4) is 17.2 Å². The molecule has 4 heterocycles. The summed E-state index contributed by atoms with van der Waals surface area (Å²) in [4.78, 5) is 12.3. The number of hydrogen-bond acceptors (Lipinski definition) is 11. The van der Waals surface area contributed by atoms with Crippen molar-refractivity contribution in [3.05, 3.63) is 52.8 Å². The Kier molecular flexibility index (Phi) is 6.77. The summed E-state index contributed by atoms with van der Waals surface area (Å²) in [6.07, 6.45) is 2.04. The third-order valence-electron chi connectivity index (χ3n) is 7.01. The van der Waals surface area contributed by atoms with Crippen LogP contribution in [0.4, 0.5) is 11.1 Å². The number of fused-ring (bicyclic) bond motifs is 3. The van der Waals surface area contributed by atoms with Crippen LogP contribution in [0.25, 0.3) is 16.6 Å². The molecular weight excluding hydrogens is 516 g/mol. The number of piperidine rings is 1. The fourth-order valence-corrected chi connectivity index (χ4v) is 5.74. The predicted octanol–water partition coefficient (Wildman–Crippen LogP) is 4.46. The number of rotatable bonds is 8. The molecule has 39 heavy (non-hydrogen) atoms. The standard InChI is InChI=1S/C27H30N8O3S/c1-16-31-32-27(39-16)34-12-6-7-18(15-34)24-30-25-20-8-5-9-21(37-3)23(20)29-26(35(25)33-24)28-14-17-10-11-19(36-2)13-22(17)38-4/h5,8-11,13,18H,6-7,12,14-15H2,1-4H3,(H,28,29)/t18-/m1/s1. The van der Waals surface area contributed by atoms with Crippen molar-refractivity contribution in [1.29, 1.82) is 0 Å². The lowest BCUT2D eigenvalue weighted by molar-refractivity contribution is 0.391. The van der Waals surface area contributed by atoms with Crippen molar-refractivity contribution in [2.75, 3.05) is 44.6 Å². The van der Waals surface area contributed by atoms with E-state index in [1.54, 1.807) is 37.2 Å². The lowest BCUT2D eigenvalue weighted by Gasteiger charge is -2.30. The SMILES string of the molecule is COc1ccc(CNc2nc3c(OC)cccc3c3nc([C@@H]4CCCN(c5nnc(C)s5)C4)nn23)c(OC)c1. The first-order chi connectivity index (χ1) is 19.1. The molecule has 1 fully saturated rings. The van der Waals surface area contributed by atoms with Crippen LogP contribution in [-0.2, 0) is 6.54 Å². The van der Waals surface area contributed by atoms with Crippen LogP contribution in [0.2, 0.25) is 0 Å². The van der Waals surface area contributed by atoms with E-state index in [-0.39, 0.29) is 5.92 Å². The largest absolute Gasteiger partial charge is 0.497 e. The Morgan fingerprint density at radius 2 is 1.90 bits per heavy atom. The highest BCUT2D eigenvalue weighted by Crippen LogP contribution is 2.33. The summed E-state index contributed by atoms with van der Waals surface area (Å²) in [5.74, 6) is 3.68. The maximum Gasteiger partial charge on any atom is 0.226 e. The van der Waals surface area contributed by atoms with Crippen LogP contribution in [0.3, 0.4) is 0 Å². The third-order valence-corrected chi connectivity index (χ3v) is 7.90. The molecule has 1 N–H and O–H groups in total. The molecule has 5 aromatic rings. The first-order valence-corrected chi connectivity index (χ1v) is 13.6. The Bertz CT molecular complexity index is 1630. The highest BCUT2D eigenvalue weighted by Gasteiger charge is 2.28. The quantitative estimate of drug-likeness (QED) is 0.299. The number of para-hydroxylation sites is 1. The molecule has 0 amide bonds. The van der Waals surface area contributed by atoms with Crippen molar-refractivity contribution in [1.82, 2.24) is 29.8 Å². The highest BCUT2D eigenvalue weighted by molar-refractivity contribution is 7.15. The molecule has 0 radical (unpaired) electrons. The van der Waals surface area contributed by atoms with E-state index in [0.717, 1.165) is 75.5 Å². The number of hydrogen-bond donors (Lipinski definition) is 1. The van der Waals surface area contributed by atoms with Crippen LogP contribution in [0.15, 0.2) is 36.4 Å². The second-order valence-electron chi connectivity index (χ2n) is 9.42. The average Bonchev–Trinajstić information content (AvgIpc) is 3.63. The van der Waals surface area contributed by atoms with Gasteiger partial charge in [0.15, 0.2) is 11.5 Å². The Hall–Kier alpha value is -4.19. The number of methoxy groups -OCH3 is 3. The normalized spacial score (nSPS) is 15.6. The number of anilines is 2. The minimum absolute atomic E-state index is 0.165. The maximum absolute atomic E-state index is 5.64. The fraction of sp³-hybridized carbons (Fsp3) is 0.370. The van der Waals surface area contributed by atoms with Gasteiger partial charge in [-0.1, -0.05) is 17.4 Å². The maximum atomic E-state index is 5.64. The summed E-state index contributed by atoms with van der Waals surface area (Å²) in [5.41, 5.74) is 2.43. The molecule has 1 saturated heterocycles. The summed E-state index contributed by atoms with van der Waals surface area (Å²) in [7, 11) is 4.94. The second-order valence-corrected chi connectivity index (χ2v) is 10.6. The van der Waals surface area contributed by atoms with E-state index in [1.807, 2.05) is 43.3 Å². The van der Waals surface area contributed by atoms with E-state index in [9.17, 15) is 0 Å². The summed E-state index contributed by atoms with van der Waals surface area (Å²) in [5, 5.41) is 19.8. The number of aryl methyl sites for hydroxylation is 1. The van der Waals surface area contributed by atoms with Gasteiger partial charge in [0, 0.05) is 42.6 Å². The molecule has 1 aliphatic rings. The minimum Gasteiger partial charge on any atom is -0.497 e. The summed E-state index contributed by atoms with van der Waals surface area (Å²) in [6, 6.07) is 11.6. The van der Waals surface area contributed by atoms with Crippen LogP contribution in [0.5, 0.6) is 17.2 Å². The molecule has 1 aliphatic heterocycles. The zero-order chi connectivity index (χ0) is 26.9. The molecular formula is C27H30N8O3S. The molecule has 0 bridgehead atoms. The first-order valence-electron chi connectivity index (χ1n) is 12.8. The minimum atomic E-state index is 0.165. The Labute approximate surface area is 229 Å². The van der Waals surface area contributed by atoms with E-state index in [2.05, 4.69) is 20.4 Å². The molecule has 12 heteroatoms. The molecule has 0 spiro atoms. The van der Waals surface area contributed by atoms with E-state index < -0.39 is 0 Å². The number of benzene rings is 2. The van der Waals surface area contributed by atoms with E-state index in [1.165, 1.54) is 0 Å². The zero-order valence-corrected chi connectivity index (χ0v) is 23.2. The van der Waals surface area contributed by atoms with Crippen molar-refractivity contribution in [3.63, 3.8) is 0 Å². The summed E-state index contributed by atoms with van der Waals surface area (Å²) >= 11 is 1.62. The molecule has 1 atom stereocenters. The Morgan fingerprint density at radius 3 is 2.67 bits per heavy atom. The van der Waals surface area contributed by atoms with Gasteiger partial charge in [-0.3, -0.25) is 0 Å². The highest BCUT2D eigenvalue weighted by atomic mass is 32.1. The van der Waals surface area contributed by atoms with Crippen LogP contribution < -0.4 is 24.4 Å². The second kappa shape index (κ2) is 10.5. The van der Waals surface area contributed by atoms with E-state index in [0.29, 0.717) is 18.2 Å². The molecule has 0 saturated carbocycles. The van der Waals surface area contributed by atoms with E-state index in [4.69, 9.17) is 29.3 Å². The molecule has 0 aliphatic carbocycles. The van der Waals surface area contributed by atoms with Gasteiger partial charge in [-0.2, -0.15) is 4.52 Å². The van der Waals surface area contributed by atoms with Gasteiger partial charge in [-0.25, -0.2) is 9.97 Å². The number of aromatic nitrogens is 6. The number of ether oxygens (including phenoxy) is 3. The van der Waals surface area contributed by atoms with Gasteiger partial charge in [0.05, 0.1) is 21.3 Å². The molecule has 11 nitrogen and oxygen atoms in total. The van der Waals surface area contributed by atoms with Crippen LogP contribution in [0.1, 0.15) is 35.2 Å². The fourth-order valence-electron chi connectivity index (χ4n) is 5.02. The predicted molar refractivity (Wildman–Crippen MR) is 151 cm³/mol. The van der Waals surface area contributed by atoms with Crippen molar-refractivity contribution in [2.45, 2.75) is 32.2 Å². The van der Waals surface area contributed by atoms with Crippen LogP contribution in [-0.4, -0.2) is 64.2 Å². The van der Waals surface area contributed by atoms with Gasteiger partial charge in [0.25, 0.3) is 0 Å². The van der Waals surface area contributed by atoms with Gasteiger partial charge < -0.3 is 24.4 Å². The average molecular weight is 547 g/mol. The van der Waals surface area contributed by atoms with Crippen LogP contribution >= 0.6 is 11.3 Å². The lowest BCUT2D eigenvalue weighted by atomic mass is 9.98. The number of nitrogens with zero attached hydrogens (tertiary/aromatic N) is 7. The van der Waals surface area contributed by atoms with Crippen molar-refractivity contribution < 1.29 is 14.2 Å². The monoisotopic (exact) mass is 546 g/mol. The molecule has 3 aromatic heterocycles. The molecule has 2 aromatic carbocycles. The topological polar surface area (TPSA) is 112 Å². The Morgan fingerprint density at radius 1 is 1.03 bits per heavy atom. The van der Waals surface area contributed by atoms with Gasteiger partial charge in [-0.15, -0.1) is 15.3 Å². The molecule has 202 valence electrons. The summed E-state index contributed by atoms with van der Waals surface area (Å²) < 4.78 is 18.4. The zero-order valence-electron chi connectivity index (χ0n) is 22.3. The van der Waals surface area contributed by atoms with Gasteiger partial charge in [0.1, 0.15) is 27.8 Å². The number of nitrogens with one attached hydrogen (secondary N) is 1. The molecule has 6 rings (SSSR count).